The average Bonchev–Trinajstić information content (AvgIpc) is 2.38. The van der Waals surface area contributed by atoms with E-state index < -0.39 is 6.10 Å². The van der Waals surface area contributed by atoms with Crippen LogP contribution in [0.4, 0.5) is 10.1 Å². The van der Waals surface area contributed by atoms with Crippen LogP contribution in [0, 0.1) is 11.7 Å². The molecule has 0 bridgehead atoms. The van der Waals surface area contributed by atoms with E-state index in [4.69, 9.17) is 0 Å². The molecule has 19 heavy (non-hydrogen) atoms. The predicted molar refractivity (Wildman–Crippen MR) is 76.9 cm³/mol. The minimum atomic E-state index is -0.777. The lowest BCUT2D eigenvalue weighted by Crippen LogP contribution is -2.35. The van der Waals surface area contributed by atoms with E-state index in [9.17, 15) is 9.50 Å². The molecule has 0 aromatic heterocycles. The van der Waals surface area contributed by atoms with Gasteiger partial charge in [-0.25, -0.2) is 4.39 Å². The lowest BCUT2D eigenvalue weighted by Gasteiger charge is -2.36. The van der Waals surface area contributed by atoms with Crippen molar-refractivity contribution in [2.75, 3.05) is 11.9 Å². The normalized spacial score (nSPS) is 25.1. The summed E-state index contributed by atoms with van der Waals surface area (Å²) in [5, 5.41) is 9.81. The Morgan fingerprint density at radius 1 is 1.26 bits per heavy atom. The van der Waals surface area contributed by atoms with Crippen LogP contribution in [0.15, 0.2) is 18.2 Å². The number of nitrogens with zero attached hydrogens (tertiary/aromatic N) is 1. The van der Waals surface area contributed by atoms with Crippen molar-refractivity contribution < 1.29 is 9.50 Å². The van der Waals surface area contributed by atoms with Gasteiger partial charge in [0.05, 0.1) is 6.10 Å². The first-order valence-corrected chi connectivity index (χ1v) is 7.20. The molecule has 2 rings (SSSR count). The molecule has 0 heterocycles. The third kappa shape index (κ3) is 3.08. The number of hydrogen-bond donors (Lipinski definition) is 1. The molecule has 1 aromatic carbocycles. The van der Waals surface area contributed by atoms with E-state index in [1.54, 1.807) is 13.0 Å². The summed E-state index contributed by atoms with van der Waals surface area (Å²) >= 11 is 0. The van der Waals surface area contributed by atoms with Crippen molar-refractivity contribution in [2.45, 2.75) is 51.7 Å². The Bertz CT molecular complexity index is 425. The summed E-state index contributed by atoms with van der Waals surface area (Å²) in [5.74, 6) is 0.483. The van der Waals surface area contributed by atoms with Crippen LogP contribution in [0.3, 0.4) is 0 Å². The number of benzene rings is 1. The highest BCUT2D eigenvalue weighted by molar-refractivity contribution is 5.55. The molecule has 106 valence electrons. The van der Waals surface area contributed by atoms with Crippen LogP contribution in [0.2, 0.25) is 0 Å². The Hall–Kier alpha value is -1.09. The number of anilines is 1. The van der Waals surface area contributed by atoms with Gasteiger partial charge < -0.3 is 10.0 Å². The van der Waals surface area contributed by atoms with Gasteiger partial charge in [-0.2, -0.15) is 0 Å². The summed E-state index contributed by atoms with van der Waals surface area (Å²) in [5.41, 5.74) is 1.25. The van der Waals surface area contributed by atoms with Gasteiger partial charge in [-0.1, -0.05) is 13.0 Å². The van der Waals surface area contributed by atoms with Crippen molar-refractivity contribution in [3.05, 3.63) is 29.6 Å². The van der Waals surface area contributed by atoms with E-state index in [1.807, 2.05) is 13.1 Å². The Kier molecular flexibility index (Phi) is 4.46. The molecule has 1 saturated carbocycles. The molecule has 1 N–H and O–H groups in total. The van der Waals surface area contributed by atoms with Gasteiger partial charge in [-0.05, 0) is 50.7 Å². The quantitative estimate of drug-likeness (QED) is 0.896. The maximum atomic E-state index is 13.9. The first-order valence-electron chi connectivity index (χ1n) is 7.20. The van der Waals surface area contributed by atoms with Gasteiger partial charge in [0.25, 0.3) is 0 Å². The molecule has 0 aliphatic heterocycles. The van der Waals surface area contributed by atoms with E-state index >= 15 is 0 Å². The minimum absolute atomic E-state index is 0.316. The maximum absolute atomic E-state index is 13.9. The zero-order valence-electron chi connectivity index (χ0n) is 12.1. The lowest BCUT2D eigenvalue weighted by molar-refractivity contribution is 0.194. The van der Waals surface area contributed by atoms with Crippen molar-refractivity contribution in [3.8, 4) is 0 Å². The maximum Gasteiger partial charge on any atom is 0.131 e. The van der Waals surface area contributed by atoms with Crippen LogP contribution in [-0.4, -0.2) is 18.2 Å². The molecule has 0 amide bonds. The molecule has 1 atom stereocenters. The van der Waals surface area contributed by atoms with Gasteiger partial charge in [-0.15, -0.1) is 0 Å². The van der Waals surface area contributed by atoms with Crippen molar-refractivity contribution in [1.82, 2.24) is 0 Å². The molecule has 1 aliphatic rings. The largest absolute Gasteiger partial charge is 0.389 e. The molecule has 3 heteroatoms. The van der Waals surface area contributed by atoms with Gasteiger partial charge in [0.1, 0.15) is 5.82 Å². The number of hydrogen-bond acceptors (Lipinski definition) is 2. The van der Waals surface area contributed by atoms with Crippen molar-refractivity contribution in [1.29, 1.82) is 0 Å². The zero-order valence-corrected chi connectivity index (χ0v) is 12.1. The van der Waals surface area contributed by atoms with Gasteiger partial charge >= 0.3 is 0 Å². The summed E-state index contributed by atoms with van der Waals surface area (Å²) in [4.78, 5) is 2.15. The first kappa shape index (κ1) is 14.3. The van der Waals surface area contributed by atoms with Gasteiger partial charge in [0, 0.05) is 24.3 Å². The van der Waals surface area contributed by atoms with Crippen molar-refractivity contribution in [3.63, 3.8) is 0 Å². The molecule has 0 unspecified atom stereocenters. The molecule has 1 aromatic rings. The Balaban J connectivity index is 2.23. The average molecular weight is 265 g/mol. The second kappa shape index (κ2) is 5.91. The second-order valence-electron chi connectivity index (χ2n) is 5.87. The highest BCUT2D eigenvalue weighted by Crippen LogP contribution is 2.34. The van der Waals surface area contributed by atoms with Gasteiger partial charge in [-0.3, -0.25) is 0 Å². The molecular formula is C16H24FNO. The standard InChI is InChI=1S/C16H24FNO/c1-11-7-9-13(10-8-11)18(3)15-6-4-5-14(17)16(15)12(2)19/h4-6,11-13,19H,7-10H2,1-3H3/t11?,12-,13?/m0/s1. The fourth-order valence-electron chi connectivity index (χ4n) is 3.07. The fraction of sp³-hybridized carbons (Fsp3) is 0.625. The van der Waals surface area contributed by atoms with Crippen LogP contribution in [0.5, 0.6) is 0 Å². The minimum Gasteiger partial charge on any atom is -0.389 e. The van der Waals surface area contributed by atoms with E-state index in [0.29, 0.717) is 11.6 Å². The second-order valence-corrected chi connectivity index (χ2v) is 5.87. The van der Waals surface area contributed by atoms with Crippen LogP contribution >= 0.6 is 0 Å². The monoisotopic (exact) mass is 265 g/mol. The van der Waals surface area contributed by atoms with Crippen molar-refractivity contribution in [2.24, 2.45) is 5.92 Å². The summed E-state index contributed by atoms with van der Waals surface area (Å²) < 4.78 is 13.9. The summed E-state index contributed by atoms with van der Waals surface area (Å²) in [6.07, 6.45) is 3.98. The molecule has 1 fully saturated rings. The SMILES string of the molecule is CC1CCC(N(C)c2cccc(F)c2[C@H](C)O)CC1. The van der Waals surface area contributed by atoms with E-state index in [-0.39, 0.29) is 5.82 Å². The molecule has 1 aliphatic carbocycles. The number of aliphatic hydroxyl groups excluding tert-OH is 1. The highest BCUT2D eigenvalue weighted by Gasteiger charge is 2.25. The van der Waals surface area contributed by atoms with E-state index in [0.717, 1.165) is 24.4 Å². The Morgan fingerprint density at radius 3 is 2.47 bits per heavy atom. The van der Waals surface area contributed by atoms with Crippen LogP contribution in [-0.2, 0) is 0 Å². The summed E-state index contributed by atoms with van der Waals surface area (Å²) in [6.45, 7) is 3.92. The summed E-state index contributed by atoms with van der Waals surface area (Å²) in [6, 6.07) is 5.50. The fourth-order valence-corrected chi connectivity index (χ4v) is 3.07. The smallest absolute Gasteiger partial charge is 0.131 e. The molecule has 0 spiro atoms. The third-order valence-corrected chi connectivity index (χ3v) is 4.36. The van der Waals surface area contributed by atoms with Crippen LogP contribution in [0.1, 0.15) is 51.2 Å². The molecule has 2 nitrogen and oxygen atoms in total. The number of rotatable bonds is 3. The van der Waals surface area contributed by atoms with Crippen molar-refractivity contribution >= 4 is 5.69 Å². The third-order valence-electron chi connectivity index (χ3n) is 4.36. The Morgan fingerprint density at radius 2 is 1.89 bits per heavy atom. The van der Waals surface area contributed by atoms with Gasteiger partial charge in [0.15, 0.2) is 0 Å². The van der Waals surface area contributed by atoms with Gasteiger partial charge in [0.2, 0.25) is 0 Å². The number of aliphatic hydroxyl groups is 1. The van der Waals surface area contributed by atoms with Crippen LogP contribution in [0.25, 0.3) is 0 Å². The number of halogens is 1. The Labute approximate surface area is 115 Å². The first-order chi connectivity index (χ1) is 9.00. The van der Waals surface area contributed by atoms with E-state index in [1.165, 1.54) is 18.9 Å². The highest BCUT2D eigenvalue weighted by atomic mass is 19.1. The molecular weight excluding hydrogens is 241 g/mol. The lowest BCUT2D eigenvalue weighted by atomic mass is 9.86. The predicted octanol–water partition coefficient (Wildman–Crippen LogP) is 3.89. The summed E-state index contributed by atoms with van der Waals surface area (Å²) in [7, 11) is 2.02. The molecule has 0 saturated heterocycles. The van der Waals surface area contributed by atoms with Crippen LogP contribution < -0.4 is 4.90 Å². The van der Waals surface area contributed by atoms with E-state index in [2.05, 4.69) is 11.8 Å². The topological polar surface area (TPSA) is 23.5 Å². The molecule has 0 radical (unpaired) electrons. The zero-order chi connectivity index (χ0) is 14.0.